The van der Waals surface area contributed by atoms with Gasteiger partial charge < -0.3 is 15.4 Å². The van der Waals surface area contributed by atoms with Crippen molar-refractivity contribution in [2.75, 3.05) is 20.2 Å². The zero-order valence-corrected chi connectivity index (χ0v) is 12.4. The Kier molecular flexibility index (Phi) is 9.21. The Morgan fingerprint density at radius 1 is 1.37 bits per heavy atom. The van der Waals surface area contributed by atoms with Gasteiger partial charge in [0.05, 0.1) is 12.5 Å². The third-order valence-electron chi connectivity index (χ3n) is 2.95. The molecule has 0 aliphatic rings. The number of nitrogens with two attached hydrogens (primary N) is 1. The molecule has 4 nitrogen and oxygen atoms in total. The summed E-state index contributed by atoms with van der Waals surface area (Å²) in [6.07, 6.45) is 0.149. The highest BCUT2D eigenvalue weighted by molar-refractivity contribution is 5.85. The predicted molar refractivity (Wildman–Crippen MR) is 79.2 cm³/mol. The first-order chi connectivity index (χ1) is 8.71. The van der Waals surface area contributed by atoms with Crippen LogP contribution < -0.4 is 5.73 Å². The van der Waals surface area contributed by atoms with E-state index in [2.05, 4.69) is 0 Å². The monoisotopic (exact) mass is 286 g/mol. The summed E-state index contributed by atoms with van der Waals surface area (Å²) in [7, 11) is 1.58. The van der Waals surface area contributed by atoms with Gasteiger partial charge in [-0.3, -0.25) is 4.79 Å². The number of carbonyl (C=O) groups excluding carboxylic acids is 1. The standard InChI is InChI=1S/C14H22N2O2.ClH/c1-3-16(11-12-7-5-4-6-8-12)14(17)9-13(10-15)18-2;/h4-8,13H,3,9-11,15H2,1-2H3;1H. The summed E-state index contributed by atoms with van der Waals surface area (Å²) in [5.41, 5.74) is 6.66. The van der Waals surface area contributed by atoms with E-state index in [1.165, 1.54) is 0 Å². The first-order valence-electron chi connectivity index (χ1n) is 6.25. The second kappa shape index (κ2) is 9.78. The topological polar surface area (TPSA) is 55.6 Å². The molecule has 1 aromatic rings. The van der Waals surface area contributed by atoms with Gasteiger partial charge in [0.25, 0.3) is 0 Å². The highest BCUT2D eigenvalue weighted by Gasteiger charge is 2.17. The Morgan fingerprint density at radius 3 is 2.47 bits per heavy atom. The number of ether oxygens (including phenoxy) is 1. The van der Waals surface area contributed by atoms with Crippen LogP contribution in [0.25, 0.3) is 0 Å². The number of carbonyl (C=O) groups is 1. The van der Waals surface area contributed by atoms with Gasteiger partial charge in [0, 0.05) is 26.7 Å². The minimum Gasteiger partial charge on any atom is -0.380 e. The van der Waals surface area contributed by atoms with Gasteiger partial charge in [0.1, 0.15) is 0 Å². The minimum atomic E-state index is -0.192. The summed E-state index contributed by atoms with van der Waals surface area (Å²) in [5.74, 6) is 0.0821. The van der Waals surface area contributed by atoms with Crippen LogP contribution in [0.1, 0.15) is 18.9 Å². The van der Waals surface area contributed by atoms with Crippen molar-refractivity contribution < 1.29 is 9.53 Å². The van der Waals surface area contributed by atoms with E-state index >= 15 is 0 Å². The fraction of sp³-hybridized carbons (Fsp3) is 0.500. The summed E-state index contributed by atoms with van der Waals surface area (Å²) in [5, 5.41) is 0. The van der Waals surface area contributed by atoms with Crippen LogP contribution in [0.4, 0.5) is 0 Å². The Hall–Kier alpha value is -1.10. The van der Waals surface area contributed by atoms with Gasteiger partial charge in [-0.2, -0.15) is 0 Å². The Balaban J connectivity index is 0.00000324. The summed E-state index contributed by atoms with van der Waals surface area (Å²) in [6, 6.07) is 9.97. The van der Waals surface area contributed by atoms with Gasteiger partial charge in [-0.1, -0.05) is 30.3 Å². The number of halogens is 1. The number of nitrogens with zero attached hydrogens (tertiary/aromatic N) is 1. The first-order valence-corrected chi connectivity index (χ1v) is 6.25. The lowest BCUT2D eigenvalue weighted by Crippen LogP contribution is -2.35. The molecule has 0 aliphatic carbocycles. The lowest BCUT2D eigenvalue weighted by Gasteiger charge is -2.23. The molecule has 0 bridgehead atoms. The molecule has 5 heteroatoms. The van der Waals surface area contributed by atoms with Crippen molar-refractivity contribution in [1.82, 2.24) is 4.90 Å². The second-order valence-corrected chi connectivity index (χ2v) is 4.19. The van der Waals surface area contributed by atoms with E-state index in [0.29, 0.717) is 26.1 Å². The number of hydrogen-bond acceptors (Lipinski definition) is 3. The summed E-state index contributed by atoms with van der Waals surface area (Å²) in [4.78, 5) is 13.9. The van der Waals surface area contributed by atoms with Crippen molar-refractivity contribution in [3.8, 4) is 0 Å². The molecule has 0 heterocycles. The summed E-state index contributed by atoms with van der Waals surface area (Å²) < 4.78 is 5.14. The maximum absolute atomic E-state index is 12.1. The molecule has 2 N–H and O–H groups in total. The van der Waals surface area contributed by atoms with E-state index in [4.69, 9.17) is 10.5 Å². The maximum atomic E-state index is 12.1. The van der Waals surface area contributed by atoms with Gasteiger partial charge in [0.15, 0.2) is 0 Å². The van der Waals surface area contributed by atoms with Crippen LogP contribution in [-0.2, 0) is 16.1 Å². The van der Waals surface area contributed by atoms with E-state index in [1.54, 1.807) is 7.11 Å². The van der Waals surface area contributed by atoms with E-state index in [9.17, 15) is 4.79 Å². The van der Waals surface area contributed by atoms with Gasteiger partial charge in [-0.25, -0.2) is 0 Å². The largest absolute Gasteiger partial charge is 0.380 e. The molecule has 0 saturated heterocycles. The highest BCUT2D eigenvalue weighted by Crippen LogP contribution is 2.07. The molecule has 0 aliphatic heterocycles. The number of methoxy groups -OCH3 is 1. The van der Waals surface area contributed by atoms with Crippen molar-refractivity contribution in [2.45, 2.75) is 26.0 Å². The maximum Gasteiger partial charge on any atom is 0.225 e. The van der Waals surface area contributed by atoms with E-state index in [-0.39, 0.29) is 24.4 Å². The minimum absolute atomic E-state index is 0. The SMILES string of the molecule is CCN(Cc1ccccc1)C(=O)CC(CN)OC.Cl. The van der Waals surface area contributed by atoms with Crippen LogP contribution in [0.5, 0.6) is 0 Å². The van der Waals surface area contributed by atoms with Crippen molar-refractivity contribution in [1.29, 1.82) is 0 Å². The molecule has 0 spiro atoms. The third-order valence-corrected chi connectivity index (χ3v) is 2.95. The van der Waals surface area contributed by atoms with Gasteiger partial charge in [-0.05, 0) is 12.5 Å². The summed E-state index contributed by atoms with van der Waals surface area (Å²) in [6.45, 7) is 3.67. The molecule has 1 atom stereocenters. The molecular weight excluding hydrogens is 264 g/mol. The fourth-order valence-electron chi connectivity index (χ4n) is 1.77. The van der Waals surface area contributed by atoms with Crippen LogP contribution in [0.2, 0.25) is 0 Å². The molecule has 1 aromatic carbocycles. The molecule has 1 unspecified atom stereocenters. The average Bonchev–Trinajstić information content (AvgIpc) is 2.43. The Labute approximate surface area is 121 Å². The van der Waals surface area contributed by atoms with Crippen LogP contribution in [0, 0.1) is 0 Å². The average molecular weight is 287 g/mol. The molecule has 1 amide bonds. The number of benzene rings is 1. The predicted octanol–water partition coefficient (Wildman–Crippen LogP) is 1.82. The van der Waals surface area contributed by atoms with Gasteiger partial charge >= 0.3 is 0 Å². The molecule has 1 rings (SSSR count). The second-order valence-electron chi connectivity index (χ2n) is 4.19. The van der Waals surface area contributed by atoms with Crippen molar-refractivity contribution in [2.24, 2.45) is 5.73 Å². The molecule has 0 saturated carbocycles. The van der Waals surface area contributed by atoms with Crippen LogP contribution in [0.15, 0.2) is 30.3 Å². The smallest absolute Gasteiger partial charge is 0.225 e. The zero-order chi connectivity index (χ0) is 13.4. The van der Waals surface area contributed by atoms with Crippen LogP contribution in [-0.4, -0.2) is 37.1 Å². The van der Waals surface area contributed by atoms with Crippen LogP contribution in [0.3, 0.4) is 0 Å². The van der Waals surface area contributed by atoms with Crippen LogP contribution >= 0.6 is 12.4 Å². The van der Waals surface area contributed by atoms with Crippen molar-refractivity contribution in [3.63, 3.8) is 0 Å². The Bertz CT molecular complexity index is 356. The van der Waals surface area contributed by atoms with E-state index < -0.39 is 0 Å². The quantitative estimate of drug-likeness (QED) is 0.832. The third kappa shape index (κ3) is 6.05. The number of rotatable bonds is 7. The van der Waals surface area contributed by atoms with Gasteiger partial charge in [0.2, 0.25) is 5.91 Å². The summed E-state index contributed by atoms with van der Waals surface area (Å²) >= 11 is 0. The molecule has 108 valence electrons. The highest BCUT2D eigenvalue weighted by atomic mass is 35.5. The molecule has 0 fully saturated rings. The first kappa shape index (κ1) is 17.9. The lowest BCUT2D eigenvalue weighted by atomic mass is 10.2. The fourth-order valence-corrected chi connectivity index (χ4v) is 1.77. The normalized spacial score (nSPS) is 11.5. The van der Waals surface area contributed by atoms with Crippen molar-refractivity contribution >= 4 is 18.3 Å². The number of amides is 1. The van der Waals surface area contributed by atoms with E-state index in [1.807, 2.05) is 42.2 Å². The molecular formula is C14H23ClN2O2. The molecule has 0 aromatic heterocycles. The van der Waals surface area contributed by atoms with Crippen molar-refractivity contribution in [3.05, 3.63) is 35.9 Å². The number of hydrogen-bond donors (Lipinski definition) is 1. The lowest BCUT2D eigenvalue weighted by molar-refractivity contribution is -0.134. The molecule has 19 heavy (non-hydrogen) atoms. The van der Waals surface area contributed by atoms with E-state index in [0.717, 1.165) is 5.56 Å². The molecule has 0 radical (unpaired) electrons. The van der Waals surface area contributed by atoms with Gasteiger partial charge in [-0.15, -0.1) is 12.4 Å². The Morgan fingerprint density at radius 2 is 2.00 bits per heavy atom. The zero-order valence-electron chi connectivity index (χ0n) is 11.5.